The maximum absolute atomic E-state index is 11.5. The summed E-state index contributed by atoms with van der Waals surface area (Å²) in [6.07, 6.45) is -1.42. The van der Waals surface area contributed by atoms with Crippen LogP contribution in [-0.4, -0.2) is 28.2 Å². The molecule has 3 nitrogen and oxygen atoms in total. The van der Waals surface area contributed by atoms with Gasteiger partial charge in [-0.15, -0.1) is 0 Å². The van der Waals surface area contributed by atoms with Crippen LogP contribution in [0.3, 0.4) is 0 Å². The minimum Gasteiger partial charge on any atom is -0.385 e. The van der Waals surface area contributed by atoms with E-state index in [1.807, 2.05) is 27.7 Å². The number of hydrogen-bond donors (Lipinski definition) is 2. The molecule has 0 saturated heterocycles. The predicted molar refractivity (Wildman–Crippen MR) is 49.2 cm³/mol. The van der Waals surface area contributed by atoms with Gasteiger partial charge in [0.05, 0.1) is 0 Å². The van der Waals surface area contributed by atoms with E-state index in [1.165, 1.54) is 0 Å². The summed E-state index contributed by atoms with van der Waals surface area (Å²) in [5, 5.41) is 19.2. The predicted octanol–water partition coefficient (Wildman–Crippen LogP) is 0.733. The van der Waals surface area contributed by atoms with E-state index >= 15 is 0 Å². The van der Waals surface area contributed by atoms with Crippen molar-refractivity contribution in [1.29, 1.82) is 0 Å². The lowest BCUT2D eigenvalue weighted by Crippen LogP contribution is -2.55. The highest BCUT2D eigenvalue weighted by atomic mass is 16.3. The molecule has 0 aromatic rings. The third-order valence-corrected chi connectivity index (χ3v) is 2.93. The Labute approximate surface area is 78.8 Å². The normalized spacial score (nSPS) is 37.5. The molecule has 1 rings (SSSR count). The highest BCUT2D eigenvalue weighted by Gasteiger charge is 2.50. The molecule has 0 aliphatic heterocycles. The third kappa shape index (κ3) is 1.63. The van der Waals surface area contributed by atoms with Crippen molar-refractivity contribution in [1.82, 2.24) is 0 Å². The molecule has 0 bridgehead atoms. The van der Waals surface area contributed by atoms with E-state index in [2.05, 4.69) is 0 Å². The van der Waals surface area contributed by atoms with E-state index in [1.54, 1.807) is 0 Å². The number of carbonyl (C=O) groups excluding carboxylic acids is 1. The molecular formula is C10H18O3. The molecule has 2 unspecified atom stereocenters. The smallest absolute Gasteiger partial charge is 0.190 e. The van der Waals surface area contributed by atoms with Crippen molar-refractivity contribution in [3.05, 3.63) is 0 Å². The van der Waals surface area contributed by atoms with Crippen LogP contribution in [0.5, 0.6) is 0 Å². The fourth-order valence-corrected chi connectivity index (χ4v) is 2.29. The first-order valence-electron chi connectivity index (χ1n) is 4.58. The van der Waals surface area contributed by atoms with Crippen LogP contribution in [0.15, 0.2) is 0 Å². The van der Waals surface area contributed by atoms with Gasteiger partial charge in [-0.05, 0) is 17.3 Å². The van der Waals surface area contributed by atoms with Crippen molar-refractivity contribution in [2.75, 3.05) is 0 Å². The van der Waals surface area contributed by atoms with Crippen molar-refractivity contribution < 1.29 is 15.0 Å². The fourth-order valence-electron chi connectivity index (χ4n) is 2.29. The zero-order valence-corrected chi connectivity index (χ0v) is 8.66. The Balaban J connectivity index is 3.00. The summed E-state index contributed by atoms with van der Waals surface area (Å²) in [7, 11) is 0. The molecule has 2 N–H and O–H groups in total. The van der Waals surface area contributed by atoms with E-state index in [0.29, 0.717) is 6.42 Å². The van der Waals surface area contributed by atoms with Gasteiger partial charge in [0, 0.05) is 0 Å². The van der Waals surface area contributed by atoms with Gasteiger partial charge in [0.2, 0.25) is 0 Å². The Morgan fingerprint density at radius 1 is 1.08 bits per heavy atom. The number of rotatable bonds is 0. The number of aliphatic hydroxyl groups excluding tert-OH is 2. The number of ketones is 1. The standard InChI is InChI=1S/C10H18O3/c1-9(2)5-10(3,4)8(13)6(11)7(9)12/h7-8,12-13H,5H2,1-4H3. The van der Waals surface area contributed by atoms with Crippen molar-refractivity contribution in [3.63, 3.8) is 0 Å². The van der Waals surface area contributed by atoms with Crippen LogP contribution >= 0.6 is 0 Å². The summed E-state index contributed by atoms with van der Waals surface area (Å²) in [5.41, 5.74) is -0.861. The first-order valence-corrected chi connectivity index (χ1v) is 4.58. The molecule has 0 amide bonds. The highest BCUT2D eigenvalue weighted by Crippen LogP contribution is 2.44. The molecule has 2 atom stereocenters. The summed E-state index contributed by atoms with van der Waals surface area (Å²) in [4.78, 5) is 11.5. The molecule has 1 aliphatic carbocycles. The van der Waals surface area contributed by atoms with Crippen LogP contribution in [0.4, 0.5) is 0 Å². The Kier molecular flexibility index (Phi) is 2.29. The van der Waals surface area contributed by atoms with Gasteiger partial charge in [0.25, 0.3) is 0 Å². The molecule has 76 valence electrons. The van der Waals surface area contributed by atoms with Crippen molar-refractivity contribution >= 4 is 5.78 Å². The quantitative estimate of drug-likeness (QED) is 0.586. The van der Waals surface area contributed by atoms with E-state index in [9.17, 15) is 15.0 Å². The van der Waals surface area contributed by atoms with E-state index < -0.39 is 28.8 Å². The number of aliphatic hydroxyl groups is 2. The van der Waals surface area contributed by atoms with Gasteiger partial charge >= 0.3 is 0 Å². The van der Waals surface area contributed by atoms with Gasteiger partial charge in [-0.1, -0.05) is 27.7 Å². The number of carbonyl (C=O) groups is 1. The highest BCUT2D eigenvalue weighted by molar-refractivity contribution is 5.89. The van der Waals surface area contributed by atoms with E-state index in [-0.39, 0.29) is 0 Å². The molecule has 0 aromatic carbocycles. The van der Waals surface area contributed by atoms with E-state index in [4.69, 9.17) is 0 Å². The van der Waals surface area contributed by atoms with Gasteiger partial charge < -0.3 is 10.2 Å². The molecule has 3 heteroatoms. The van der Waals surface area contributed by atoms with Gasteiger partial charge in [-0.25, -0.2) is 0 Å². The molecule has 0 aromatic heterocycles. The lowest BCUT2D eigenvalue weighted by atomic mass is 9.62. The number of hydrogen-bond acceptors (Lipinski definition) is 3. The van der Waals surface area contributed by atoms with Crippen molar-refractivity contribution in [2.45, 2.75) is 46.3 Å². The molecule has 0 heterocycles. The van der Waals surface area contributed by atoms with Crippen molar-refractivity contribution in [2.24, 2.45) is 10.8 Å². The van der Waals surface area contributed by atoms with E-state index in [0.717, 1.165) is 0 Å². The maximum atomic E-state index is 11.5. The zero-order chi connectivity index (χ0) is 10.4. The molecule has 1 fully saturated rings. The molecule has 13 heavy (non-hydrogen) atoms. The third-order valence-electron chi connectivity index (χ3n) is 2.93. The van der Waals surface area contributed by atoms with Gasteiger partial charge in [-0.3, -0.25) is 4.79 Å². The number of Topliss-reactive ketones (excluding diaryl/α,β-unsaturated/α-hetero) is 1. The largest absolute Gasteiger partial charge is 0.385 e. The van der Waals surface area contributed by atoms with Gasteiger partial charge in [0.15, 0.2) is 5.78 Å². The minimum atomic E-state index is -1.03. The fraction of sp³-hybridized carbons (Fsp3) is 0.900. The lowest BCUT2D eigenvalue weighted by Gasteiger charge is -2.45. The van der Waals surface area contributed by atoms with Gasteiger partial charge in [-0.2, -0.15) is 0 Å². The SMILES string of the molecule is CC1(C)CC(C)(C)C(O)C(=O)C1O. The summed E-state index contributed by atoms with van der Waals surface area (Å²) >= 11 is 0. The molecule has 0 spiro atoms. The van der Waals surface area contributed by atoms with Crippen LogP contribution < -0.4 is 0 Å². The summed E-state index contributed by atoms with van der Waals surface area (Å²) < 4.78 is 0. The summed E-state index contributed by atoms with van der Waals surface area (Å²) in [6.45, 7) is 7.40. The van der Waals surface area contributed by atoms with Crippen LogP contribution in [0.1, 0.15) is 34.1 Å². The van der Waals surface area contributed by atoms with Crippen LogP contribution in [0.2, 0.25) is 0 Å². The van der Waals surface area contributed by atoms with Crippen LogP contribution in [0, 0.1) is 10.8 Å². The summed E-state index contributed by atoms with van der Waals surface area (Å²) in [6, 6.07) is 0. The minimum absolute atomic E-state index is 0.431. The second-order valence-electron chi connectivity index (χ2n) is 5.36. The molecular weight excluding hydrogens is 168 g/mol. The lowest BCUT2D eigenvalue weighted by molar-refractivity contribution is -0.161. The average Bonchev–Trinajstić information content (AvgIpc) is 1.96. The maximum Gasteiger partial charge on any atom is 0.190 e. The first kappa shape index (κ1) is 10.7. The Bertz CT molecular complexity index is 208. The second kappa shape index (κ2) is 2.79. The molecule has 0 radical (unpaired) electrons. The average molecular weight is 186 g/mol. The first-order chi connectivity index (χ1) is 5.68. The van der Waals surface area contributed by atoms with Crippen molar-refractivity contribution in [3.8, 4) is 0 Å². The van der Waals surface area contributed by atoms with Crippen LogP contribution in [0.25, 0.3) is 0 Å². The topological polar surface area (TPSA) is 57.5 Å². The molecule has 1 saturated carbocycles. The monoisotopic (exact) mass is 186 g/mol. The Morgan fingerprint density at radius 3 is 1.69 bits per heavy atom. The second-order valence-corrected chi connectivity index (χ2v) is 5.36. The Morgan fingerprint density at radius 2 is 1.38 bits per heavy atom. The zero-order valence-electron chi connectivity index (χ0n) is 8.66. The van der Waals surface area contributed by atoms with Crippen LogP contribution in [-0.2, 0) is 4.79 Å². The van der Waals surface area contributed by atoms with Gasteiger partial charge in [0.1, 0.15) is 12.2 Å². The molecule has 1 aliphatic rings. The Hall–Kier alpha value is -0.410. The summed E-state index contributed by atoms with van der Waals surface area (Å²) in [5.74, 6) is -0.443.